The molecular weight excluding hydrogens is 296 g/mol. The van der Waals surface area contributed by atoms with E-state index in [1.807, 2.05) is 19.1 Å². The van der Waals surface area contributed by atoms with Crippen molar-refractivity contribution in [3.05, 3.63) is 39.7 Å². The van der Waals surface area contributed by atoms with Crippen molar-refractivity contribution in [1.82, 2.24) is 0 Å². The van der Waals surface area contributed by atoms with Gasteiger partial charge in [0.2, 0.25) is 0 Å². The van der Waals surface area contributed by atoms with Crippen LogP contribution in [0.3, 0.4) is 0 Å². The molecule has 122 valence electrons. The van der Waals surface area contributed by atoms with E-state index in [4.69, 9.17) is 9.15 Å². The summed E-state index contributed by atoms with van der Waals surface area (Å²) in [6, 6.07) is 5.48. The minimum absolute atomic E-state index is 0.0828. The third-order valence-corrected chi connectivity index (χ3v) is 4.52. The van der Waals surface area contributed by atoms with Gasteiger partial charge in [0.25, 0.3) is 0 Å². The molecule has 1 saturated carbocycles. The zero-order chi connectivity index (χ0) is 16.4. The first-order chi connectivity index (χ1) is 11.1. The number of carbonyl (C=O) groups excluding carboxylic acids is 1. The van der Waals surface area contributed by atoms with Gasteiger partial charge in [-0.3, -0.25) is 4.79 Å². The molecule has 1 heterocycles. The maximum absolute atomic E-state index is 12.1. The summed E-state index contributed by atoms with van der Waals surface area (Å²) >= 11 is 0. The molecule has 0 aliphatic heterocycles. The molecule has 0 N–H and O–H groups in total. The molecule has 1 aliphatic carbocycles. The molecule has 0 unspecified atom stereocenters. The van der Waals surface area contributed by atoms with Gasteiger partial charge in [0.05, 0.1) is 25.7 Å². The first kappa shape index (κ1) is 15.6. The molecule has 0 spiro atoms. The normalized spacial score (nSPS) is 14.5. The number of benzene rings is 1. The molecule has 2 aromatic rings. The lowest BCUT2D eigenvalue weighted by atomic mass is 9.86. The average Bonchev–Trinajstić information content (AvgIpc) is 2.49. The maximum atomic E-state index is 12.1. The maximum Gasteiger partial charge on any atom is 0.340 e. The summed E-state index contributed by atoms with van der Waals surface area (Å²) in [4.78, 5) is 23.6. The number of fused-ring (bicyclic) bond motifs is 1. The van der Waals surface area contributed by atoms with Gasteiger partial charge in [-0.25, -0.2) is 4.79 Å². The van der Waals surface area contributed by atoms with Gasteiger partial charge in [-0.1, -0.05) is 6.42 Å². The fourth-order valence-corrected chi connectivity index (χ4v) is 2.76. The molecule has 5 nitrogen and oxygen atoms in total. The van der Waals surface area contributed by atoms with E-state index in [1.54, 1.807) is 6.07 Å². The van der Waals surface area contributed by atoms with Crippen LogP contribution < -0.4 is 10.4 Å². The summed E-state index contributed by atoms with van der Waals surface area (Å²) in [5.41, 5.74) is 1.06. The molecule has 1 aromatic carbocycles. The number of rotatable bonds is 5. The van der Waals surface area contributed by atoms with Crippen LogP contribution in [-0.4, -0.2) is 19.7 Å². The quantitative estimate of drug-likeness (QED) is 0.626. The molecule has 3 rings (SSSR count). The van der Waals surface area contributed by atoms with Crippen molar-refractivity contribution in [2.45, 2.75) is 32.6 Å². The Morgan fingerprint density at radius 3 is 2.78 bits per heavy atom. The third-order valence-electron chi connectivity index (χ3n) is 4.52. The predicted molar refractivity (Wildman–Crippen MR) is 85.8 cm³/mol. The lowest BCUT2D eigenvalue weighted by molar-refractivity contribution is -0.139. The van der Waals surface area contributed by atoms with E-state index >= 15 is 0 Å². The minimum Gasteiger partial charge on any atom is -0.493 e. The van der Waals surface area contributed by atoms with Crippen molar-refractivity contribution in [3.63, 3.8) is 0 Å². The van der Waals surface area contributed by atoms with Crippen LogP contribution in [0.5, 0.6) is 5.75 Å². The summed E-state index contributed by atoms with van der Waals surface area (Å²) < 4.78 is 15.8. The summed E-state index contributed by atoms with van der Waals surface area (Å²) in [6.45, 7) is 2.52. The Morgan fingerprint density at radius 2 is 2.13 bits per heavy atom. The van der Waals surface area contributed by atoms with E-state index in [0.29, 0.717) is 29.4 Å². The zero-order valence-corrected chi connectivity index (χ0v) is 13.4. The number of methoxy groups -OCH3 is 1. The highest BCUT2D eigenvalue weighted by Crippen LogP contribution is 2.29. The Bertz CT molecular complexity index is 786. The van der Waals surface area contributed by atoms with Crippen LogP contribution in [0.25, 0.3) is 11.0 Å². The van der Waals surface area contributed by atoms with Gasteiger partial charge in [0.1, 0.15) is 11.3 Å². The molecule has 1 fully saturated rings. The van der Waals surface area contributed by atoms with Crippen molar-refractivity contribution in [1.29, 1.82) is 0 Å². The lowest BCUT2D eigenvalue weighted by Gasteiger charge is -2.25. The van der Waals surface area contributed by atoms with E-state index in [-0.39, 0.29) is 6.42 Å². The van der Waals surface area contributed by atoms with E-state index in [1.165, 1.54) is 26.4 Å². The van der Waals surface area contributed by atoms with Crippen molar-refractivity contribution < 1.29 is 18.7 Å². The largest absolute Gasteiger partial charge is 0.493 e. The second-order valence-electron chi connectivity index (χ2n) is 6.01. The molecular formula is C18H20O5. The number of hydrogen-bond donors (Lipinski definition) is 0. The smallest absolute Gasteiger partial charge is 0.340 e. The standard InChI is InChI=1S/C18H20O5/c1-11-14-7-6-13(22-10-12-4-3-5-12)8-16(14)23-18(20)15(11)9-17(19)21-2/h6-8,12H,3-5,9-10H2,1-2H3. The second kappa shape index (κ2) is 6.44. The first-order valence-electron chi connectivity index (χ1n) is 7.84. The Morgan fingerprint density at radius 1 is 1.35 bits per heavy atom. The molecule has 23 heavy (non-hydrogen) atoms. The van der Waals surface area contributed by atoms with E-state index in [0.717, 1.165) is 10.9 Å². The van der Waals surface area contributed by atoms with Gasteiger partial charge in [-0.05, 0) is 43.4 Å². The van der Waals surface area contributed by atoms with E-state index in [9.17, 15) is 9.59 Å². The topological polar surface area (TPSA) is 65.7 Å². The number of hydrogen-bond acceptors (Lipinski definition) is 5. The Balaban J connectivity index is 1.89. The number of aryl methyl sites for hydroxylation is 1. The lowest BCUT2D eigenvalue weighted by Crippen LogP contribution is -2.19. The second-order valence-corrected chi connectivity index (χ2v) is 6.01. The highest BCUT2D eigenvalue weighted by Gasteiger charge is 2.19. The highest BCUT2D eigenvalue weighted by molar-refractivity contribution is 5.84. The van der Waals surface area contributed by atoms with Crippen molar-refractivity contribution in [3.8, 4) is 5.75 Å². The van der Waals surface area contributed by atoms with E-state index in [2.05, 4.69) is 4.74 Å². The van der Waals surface area contributed by atoms with Gasteiger partial charge < -0.3 is 13.9 Å². The number of esters is 1. The molecule has 1 aliphatic rings. The van der Waals surface area contributed by atoms with Crippen LogP contribution >= 0.6 is 0 Å². The molecule has 5 heteroatoms. The monoisotopic (exact) mass is 316 g/mol. The van der Waals surface area contributed by atoms with Gasteiger partial charge in [-0.15, -0.1) is 0 Å². The van der Waals surface area contributed by atoms with Gasteiger partial charge >= 0.3 is 11.6 Å². The van der Waals surface area contributed by atoms with Crippen LogP contribution in [0.2, 0.25) is 0 Å². The molecule has 0 radical (unpaired) electrons. The van der Waals surface area contributed by atoms with Gasteiger partial charge in [0.15, 0.2) is 0 Å². The summed E-state index contributed by atoms with van der Waals surface area (Å²) in [5.74, 6) is 0.884. The molecule has 1 aromatic heterocycles. The van der Waals surface area contributed by atoms with Crippen LogP contribution in [0.15, 0.2) is 27.4 Å². The average molecular weight is 316 g/mol. The van der Waals surface area contributed by atoms with Crippen LogP contribution in [0, 0.1) is 12.8 Å². The first-order valence-corrected chi connectivity index (χ1v) is 7.84. The van der Waals surface area contributed by atoms with Crippen LogP contribution in [0.1, 0.15) is 30.4 Å². The Kier molecular flexibility index (Phi) is 4.37. The summed E-state index contributed by atoms with van der Waals surface area (Å²) in [7, 11) is 1.30. The van der Waals surface area contributed by atoms with Crippen molar-refractivity contribution in [2.75, 3.05) is 13.7 Å². The molecule has 0 amide bonds. The van der Waals surface area contributed by atoms with E-state index < -0.39 is 11.6 Å². The molecule has 0 bridgehead atoms. The third kappa shape index (κ3) is 3.23. The highest BCUT2D eigenvalue weighted by atomic mass is 16.5. The molecule has 0 atom stereocenters. The Labute approximate surface area is 134 Å². The van der Waals surface area contributed by atoms with Crippen molar-refractivity contribution in [2.24, 2.45) is 5.92 Å². The van der Waals surface area contributed by atoms with Crippen molar-refractivity contribution >= 4 is 16.9 Å². The molecule has 0 saturated heterocycles. The SMILES string of the molecule is COC(=O)Cc1c(C)c2ccc(OCC3CCC3)cc2oc1=O. The number of ether oxygens (including phenoxy) is 2. The van der Waals surface area contributed by atoms with Crippen LogP contribution in [-0.2, 0) is 16.0 Å². The number of carbonyl (C=O) groups is 1. The van der Waals surface area contributed by atoms with Gasteiger partial charge in [0, 0.05) is 11.5 Å². The fourth-order valence-electron chi connectivity index (χ4n) is 2.76. The Hall–Kier alpha value is -2.30. The van der Waals surface area contributed by atoms with Gasteiger partial charge in [-0.2, -0.15) is 0 Å². The van der Waals surface area contributed by atoms with Crippen LogP contribution in [0.4, 0.5) is 0 Å². The minimum atomic E-state index is -0.503. The fraction of sp³-hybridized carbons (Fsp3) is 0.444. The summed E-state index contributed by atoms with van der Waals surface area (Å²) in [5, 5.41) is 0.805. The predicted octanol–water partition coefficient (Wildman–Crippen LogP) is 3.00. The zero-order valence-electron chi connectivity index (χ0n) is 13.4. The summed E-state index contributed by atoms with van der Waals surface area (Å²) in [6.07, 6.45) is 3.64.